The number of carboxylic acid groups (broad SMARTS) is 1. The molecule has 2 atom stereocenters. The lowest BCUT2D eigenvalue weighted by Gasteiger charge is -2.22. The fourth-order valence-electron chi connectivity index (χ4n) is 1.89. The maximum Gasteiger partial charge on any atom is 0.397 e. The summed E-state index contributed by atoms with van der Waals surface area (Å²) in [5, 5.41) is 13.4. The summed E-state index contributed by atoms with van der Waals surface area (Å²) in [4.78, 5) is 46.6. The molecule has 0 radical (unpaired) electrons. The van der Waals surface area contributed by atoms with Gasteiger partial charge in [-0.15, -0.1) is 0 Å². The fraction of sp³-hybridized carbons (Fsp3) is 0.412. The van der Waals surface area contributed by atoms with Crippen LogP contribution in [0.2, 0.25) is 0 Å². The largest absolute Gasteiger partial charge is 0.480 e. The zero-order valence-corrected chi connectivity index (χ0v) is 14.3. The number of rotatable bonds is 7. The van der Waals surface area contributed by atoms with Gasteiger partial charge in [-0.05, 0) is 18.4 Å². The second-order valence-corrected chi connectivity index (χ2v) is 5.83. The molecule has 3 N–H and O–H groups in total. The Kier molecular flexibility index (Phi) is 7.58. The van der Waals surface area contributed by atoms with Crippen molar-refractivity contribution < 1.29 is 29.0 Å². The summed E-state index contributed by atoms with van der Waals surface area (Å²) in [7, 11) is 0. The van der Waals surface area contributed by atoms with Crippen LogP contribution in [0.3, 0.4) is 0 Å². The Bertz CT molecular complexity index is 629. The second kappa shape index (κ2) is 9.41. The smallest absolute Gasteiger partial charge is 0.397 e. The van der Waals surface area contributed by atoms with Crippen LogP contribution in [0.15, 0.2) is 30.3 Å². The van der Waals surface area contributed by atoms with Crippen LogP contribution in [0, 0.1) is 5.92 Å². The number of carbonyl (C=O) groups is 4. The number of hydrogen-bond acceptors (Lipinski definition) is 5. The van der Waals surface area contributed by atoms with E-state index < -0.39 is 35.8 Å². The van der Waals surface area contributed by atoms with Crippen LogP contribution in [0.5, 0.6) is 0 Å². The van der Waals surface area contributed by atoms with E-state index in [0.29, 0.717) is 0 Å². The third kappa shape index (κ3) is 6.62. The van der Waals surface area contributed by atoms with Crippen molar-refractivity contribution in [1.82, 2.24) is 10.6 Å². The van der Waals surface area contributed by atoms with Crippen LogP contribution >= 0.6 is 0 Å². The van der Waals surface area contributed by atoms with Gasteiger partial charge in [0.2, 0.25) is 5.91 Å². The summed E-state index contributed by atoms with van der Waals surface area (Å²) in [5.41, 5.74) is 0.720. The monoisotopic (exact) mass is 350 g/mol. The highest BCUT2D eigenvalue weighted by atomic mass is 16.5. The first-order valence-corrected chi connectivity index (χ1v) is 7.77. The lowest BCUT2D eigenvalue weighted by molar-refractivity contribution is -0.156. The van der Waals surface area contributed by atoms with Gasteiger partial charge in [-0.2, -0.15) is 0 Å². The molecule has 0 aliphatic carbocycles. The molecule has 2 amide bonds. The molecule has 0 fully saturated rings. The van der Waals surface area contributed by atoms with Crippen molar-refractivity contribution in [3.05, 3.63) is 35.9 Å². The maximum atomic E-state index is 12.1. The van der Waals surface area contributed by atoms with Gasteiger partial charge in [-0.25, -0.2) is 4.79 Å². The van der Waals surface area contributed by atoms with Gasteiger partial charge in [-0.1, -0.05) is 44.2 Å². The van der Waals surface area contributed by atoms with Gasteiger partial charge in [-0.3, -0.25) is 14.4 Å². The Labute approximate surface area is 145 Å². The molecule has 0 aliphatic heterocycles. The van der Waals surface area contributed by atoms with E-state index in [1.54, 1.807) is 38.1 Å². The van der Waals surface area contributed by atoms with Crippen molar-refractivity contribution in [3.8, 4) is 0 Å². The Morgan fingerprint density at radius 1 is 1.04 bits per heavy atom. The Hall–Kier alpha value is -2.90. The average molecular weight is 350 g/mol. The molecule has 8 nitrogen and oxygen atoms in total. The van der Waals surface area contributed by atoms with Gasteiger partial charge in [0.05, 0.1) is 0 Å². The van der Waals surface area contributed by atoms with Crippen LogP contribution in [0.4, 0.5) is 0 Å². The standard InChI is InChI=1S/C17H22N2O6/c1-10(2)13(14(20)18-11(3)16(22)23)19-15(21)17(24)25-9-12-7-5-4-6-8-12/h4-8,10-11,13H,9H2,1-3H3,(H,18,20)(H,19,21)(H,22,23)/t11-,13-/m0/s1. The van der Waals surface area contributed by atoms with Gasteiger partial charge in [0.1, 0.15) is 18.7 Å². The number of aliphatic carboxylic acids is 1. The first kappa shape index (κ1) is 20.1. The molecule has 1 rings (SSSR count). The third-order valence-corrected chi connectivity index (χ3v) is 3.36. The minimum absolute atomic E-state index is 0.0678. The number of carbonyl (C=O) groups excluding carboxylic acids is 3. The second-order valence-electron chi connectivity index (χ2n) is 5.83. The Morgan fingerprint density at radius 2 is 1.64 bits per heavy atom. The van der Waals surface area contributed by atoms with Gasteiger partial charge in [0.25, 0.3) is 0 Å². The molecule has 0 unspecified atom stereocenters. The van der Waals surface area contributed by atoms with E-state index in [9.17, 15) is 19.2 Å². The molecule has 1 aromatic rings. The first-order chi connectivity index (χ1) is 11.7. The van der Waals surface area contributed by atoms with E-state index in [4.69, 9.17) is 9.84 Å². The number of amides is 2. The molecule has 0 heterocycles. The number of ether oxygens (including phenoxy) is 1. The highest BCUT2D eigenvalue weighted by Gasteiger charge is 2.29. The molecule has 0 saturated carbocycles. The predicted octanol–water partition coefficient (Wildman–Crippen LogP) is 0.460. The molecule has 25 heavy (non-hydrogen) atoms. The molecule has 1 aromatic carbocycles. The van der Waals surface area contributed by atoms with Crippen molar-refractivity contribution in [1.29, 1.82) is 0 Å². The van der Waals surface area contributed by atoms with Crippen LogP contribution in [-0.4, -0.2) is 40.9 Å². The van der Waals surface area contributed by atoms with Crippen molar-refractivity contribution in [3.63, 3.8) is 0 Å². The molecule has 0 bridgehead atoms. The molecule has 0 aromatic heterocycles. The summed E-state index contributed by atoms with van der Waals surface area (Å²) >= 11 is 0. The zero-order valence-electron chi connectivity index (χ0n) is 14.3. The average Bonchev–Trinajstić information content (AvgIpc) is 2.57. The van der Waals surface area contributed by atoms with E-state index in [0.717, 1.165) is 5.56 Å². The summed E-state index contributed by atoms with van der Waals surface area (Å²) < 4.78 is 4.89. The predicted molar refractivity (Wildman–Crippen MR) is 88.2 cm³/mol. The number of esters is 1. The molecule has 0 spiro atoms. The molecule has 0 saturated heterocycles. The lowest BCUT2D eigenvalue weighted by Crippen LogP contribution is -2.54. The van der Waals surface area contributed by atoms with Crippen molar-refractivity contribution >= 4 is 23.8 Å². The SMILES string of the molecule is CC(C)[C@H](NC(=O)C(=O)OCc1ccccc1)C(=O)N[C@@H](C)C(=O)O. The minimum Gasteiger partial charge on any atom is -0.480 e. The fourth-order valence-corrected chi connectivity index (χ4v) is 1.89. The highest BCUT2D eigenvalue weighted by Crippen LogP contribution is 2.04. The van der Waals surface area contributed by atoms with Gasteiger partial charge in [0.15, 0.2) is 0 Å². The van der Waals surface area contributed by atoms with E-state index >= 15 is 0 Å². The van der Waals surface area contributed by atoms with E-state index in [2.05, 4.69) is 10.6 Å². The van der Waals surface area contributed by atoms with Gasteiger partial charge in [0, 0.05) is 0 Å². The summed E-state index contributed by atoms with van der Waals surface area (Å²) in [6.07, 6.45) is 0. The molecule has 0 aliphatic rings. The van der Waals surface area contributed by atoms with Crippen molar-refractivity contribution in [2.75, 3.05) is 0 Å². The van der Waals surface area contributed by atoms with Gasteiger partial charge >= 0.3 is 17.8 Å². The van der Waals surface area contributed by atoms with Crippen LogP contribution in [0.1, 0.15) is 26.3 Å². The molecule has 8 heteroatoms. The topological polar surface area (TPSA) is 122 Å². The zero-order chi connectivity index (χ0) is 19.0. The number of carboxylic acids is 1. The van der Waals surface area contributed by atoms with Crippen molar-refractivity contribution in [2.45, 2.75) is 39.5 Å². The minimum atomic E-state index is -1.20. The van der Waals surface area contributed by atoms with E-state index in [1.165, 1.54) is 6.92 Å². The van der Waals surface area contributed by atoms with Crippen LogP contribution < -0.4 is 10.6 Å². The summed E-state index contributed by atoms with van der Waals surface area (Å²) in [5.74, 6) is -4.42. The Balaban J connectivity index is 2.61. The van der Waals surface area contributed by atoms with Crippen LogP contribution in [0.25, 0.3) is 0 Å². The van der Waals surface area contributed by atoms with E-state index in [-0.39, 0.29) is 12.5 Å². The number of benzene rings is 1. The normalized spacial score (nSPS) is 12.8. The number of hydrogen-bond donors (Lipinski definition) is 3. The molecular formula is C17H22N2O6. The van der Waals surface area contributed by atoms with E-state index in [1.807, 2.05) is 6.07 Å². The van der Waals surface area contributed by atoms with Crippen molar-refractivity contribution in [2.24, 2.45) is 5.92 Å². The molecular weight excluding hydrogens is 328 g/mol. The quantitative estimate of drug-likeness (QED) is 0.485. The van der Waals surface area contributed by atoms with Gasteiger partial charge < -0.3 is 20.5 Å². The maximum absolute atomic E-state index is 12.1. The Morgan fingerprint density at radius 3 is 2.16 bits per heavy atom. The summed E-state index contributed by atoms with van der Waals surface area (Å²) in [6.45, 7) is 4.55. The first-order valence-electron chi connectivity index (χ1n) is 7.77. The molecule has 136 valence electrons. The lowest BCUT2D eigenvalue weighted by atomic mass is 10.0. The van der Waals surface area contributed by atoms with Crippen LogP contribution in [-0.2, 0) is 30.5 Å². The summed E-state index contributed by atoms with van der Waals surface area (Å²) in [6, 6.07) is 6.65. The highest BCUT2D eigenvalue weighted by molar-refractivity contribution is 6.32. The number of nitrogens with one attached hydrogen (secondary N) is 2. The third-order valence-electron chi connectivity index (χ3n) is 3.36.